The number of thiophene rings is 1. The van der Waals surface area contributed by atoms with Crippen LogP contribution in [0.25, 0.3) is 0 Å². The fraction of sp³-hybridized carbons (Fsp3) is 0.429. The third-order valence-electron chi connectivity index (χ3n) is 1.49. The lowest BCUT2D eigenvalue weighted by atomic mass is 10.5. The predicted molar refractivity (Wildman–Crippen MR) is 55.6 cm³/mol. The van der Waals surface area contributed by atoms with Crippen molar-refractivity contribution in [2.24, 2.45) is 0 Å². The summed E-state index contributed by atoms with van der Waals surface area (Å²) < 4.78 is 25.5. The largest absolute Gasteiger partial charge is 0.398 e. The van der Waals surface area contributed by atoms with Gasteiger partial charge >= 0.3 is 0 Å². The highest BCUT2D eigenvalue weighted by molar-refractivity contribution is 7.91. The van der Waals surface area contributed by atoms with Gasteiger partial charge in [0.15, 0.2) is 0 Å². The van der Waals surface area contributed by atoms with Crippen LogP contribution in [0.1, 0.15) is 6.42 Å². The standard InChI is InChI=1S/C7H12N2O3S2/c8-6-4-7(13-5-6)14(11,12)9-2-1-3-10/h4-5,9-10H,1-3,8H2. The number of aliphatic hydroxyl groups is 1. The average molecular weight is 236 g/mol. The predicted octanol–water partition coefficient (Wildman–Crippen LogP) is -0.00900. The quantitative estimate of drug-likeness (QED) is 0.627. The molecule has 80 valence electrons. The summed E-state index contributed by atoms with van der Waals surface area (Å²) >= 11 is 1.08. The van der Waals surface area contributed by atoms with Crippen molar-refractivity contribution in [3.63, 3.8) is 0 Å². The van der Waals surface area contributed by atoms with E-state index < -0.39 is 10.0 Å². The summed E-state index contributed by atoms with van der Waals surface area (Å²) in [6.45, 7) is 0.200. The Morgan fingerprint density at radius 1 is 1.57 bits per heavy atom. The van der Waals surface area contributed by atoms with Gasteiger partial charge in [-0.2, -0.15) is 0 Å². The molecular weight excluding hydrogens is 224 g/mol. The first-order valence-corrected chi connectivity index (χ1v) is 6.37. The van der Waals surface area contributed by atoms with E-state index in [9.17, 15) is 8.42 Å². The zero-order chi connectivity index (χ0) is 10.6. The van der Waals surface area contributed by atoms with Crippen LogP contribution in [0.5, 0.6) is 0 Å². The SMILES string of the molecule is Nc1csc(S(=O)(=O)NCCCO)c1. The smallest absolute Gasteiger partial charge is 0.250 e. The molecule has 1 rings (SSSR count). The molecule has 0 unspecified atom stereocenters. The Hall–Kier alpha value is -0.630. The van der Waals surface area contributed by atoms with Crippen LogP contribution in [0.3, 0.4) is 0 Å². The fourth-order valence-corrected chi connectivity index (χ4v) is 3.03. The Labute approximate surface area is 86.6 Å². The maximum Gasteiger partial charge on any atom is 0.250 e. The van der Waals surface area contributed by atoms with Crippen molar-refractivity contribution >= 4 is 27.0 Å². The Balaban J connectivity index is 2.66. The van der Waals surface area contributed by atoms with Crippen molar-refractivity contribution < 1.29 is 13.5 Å². The highest BCUT2D eigenvalue weighted by atomic mass is 32.2. The minimum absolute atomic E-state index is 0.0326. The van der Waals surface area contributed by atoms with Gasteiger partial charge < -0.3 is 10.8 Å². The van der Waals surface area contributed by atoms with Crippen LogP contribution in [0.4, 0.5) is 5.69 Å². The molecule has 0 aromatic carbocycles. The zero-order valence-corrected chi connectivity index (χ0v) is 9.07. The van der Waals surface area contributed by atoms with Crippen molar-refractivity contribution in [2.45, 2.75) is 10.6 Å². The molecule has 0 spiro atoms. The van der Waals surface area contributed by atoms with Gasteiger partial charge in [-0.1, -0.05) is 0 Å². The topological polar surface area (TPSA) is 92.4 Å². The van der Waals surface area contributed by atoms with Gasteiger partial charge in [0.1, 0.15) is 4.21 Å². The summed E-state index contributed by atoms with van der Waals surface area (Å²) in [5, 5.41) is 10.1. The van der Waals surface area contributed by atoms with E-state index in [1.54, 1.807) is 5.38 Å². The van der Waals surface area contributed by atoms with E-state index in [1.807, 2.05) is 0 Å². The van der Waals surface area contributed by atoms with E-state index in [4.69, 9.17) is 10.8 Å². The summed E-state index contributed by atoms with van der Waals surface area (Å²) in [5.74, 6) is 0. The van der Waals surface area contributed by atoms with Crippen molar-refractivity contribution in [1.82, 2.24) is 4.72 Å². The highest BCUT2D eigenvalue weighted by Gasteiger charge is 2.14. The Bertz CT molecular complexity index is 385. The lowest BCUT2D eigenvalue weighted by Crippen LogP contribution is -2.24. The van der Waals surface area contributed by atoms with Gasteiger partial charge in [0.05, 0.1) is 0 Å². The third-order valence-corrected chi connectivity index (χ3v) is 4.41. The van der Waals surface area contributed by atoms with E-state index >= 15 is 0 Å². The molecule has 0 bridgehead atoms. The molecule has 14 heavy (non-hydrogen) atoms. The molecule has 0 radical (unpaired) electrons. The Morgan fingerprint density at radius 2 is 2.29 bits per heavy atom. The van der Waals surface area contributed by atoms with Gasteiger partial charge in [0.25, 0.3) is 0 Å². The van der Waals surface area contributed by atoms with E-state index in [0.717, 1.165) is 11.3 Å². The van der Waals surface area contributed by atoms with Crippen LogP contribution in [-0.2, 0) is 10.0 Å². The Kier molecular flexibility index (Phi) is 3.87. The molecule has 1 aromatic heterocycles. The van der Waals surface area contributed by atoms with Crippen molar-refractivity contribution in [2.75, 3.05) is 18.9 Å². The summed E-state index contributed by atoms with van der Waals surface area (Å²) in [4.78, 5) is 0. The zero-order valence-electron chi connectivity index (χ0n) is 7.43. The minimum atomic E-state index is -3.43. The van der Waals surface area contributed by atoms with Crippen molar-refractivity contribution in [3.8, 4) is 0 Å². The highest BCUT2D eigenvalue weighted by Crippen LogP contribution is 2.20. The number of nitrogen functional groups attached to an aromatic ring is 1. The molecule has 1 heterocycles. The Morgan fingerprint density at radius 3 is 2.79 bits per heavy atom. The molecule has 0 atom stereocenters. The van der Waals surface area contributed by atoms with E-state index in [-0.39, 0.29) is 17.4 Å². The number of nitrogens with two attached hydrogens (primary N) is 1. The molecular formula is C7H12N2O3S2. The third kappa shape index (κ3) is 2.95. The molecule has 0 amide bonds. The van der Waals surface area contributed by atoms with Gasteiger partial charge in [0.2, 0.25) is 10.0 Å². The van der Waals surface area contributed by atoms with Crippen LogP contribution in [0, 0.1) is 0 Å². The van der Waals surface area contributed by atoms with Gasteiger partial charge in [-0.05, 0) is 12.5 Å². The molecule has 7 heteroatoms. The number of hydrogen-bond donors (Lipinski definition) is 3. The van der Waals surface area contributed by atoms with E-state index in [0.29, 0.717) is 12.1 Å². The van der Waals surface area contributed by atoms with Gasteiger partial charge in [-0.3, -0.25) is 0 Å². The molecule has 0 saturated carbocycles. The number of rotatable bonds is 5. The molecule has 0 aliphatic heterocycles. The number of anilines is 1. The van der Waals surface area contributed by atoms with Crippen molar-refractivity contribution in [3.05, 3.63) is 11.4 Å². The molecule has 5 nitrogen and oxygen atoms in total. The molecule has 1 aromatic rings. The van der Waals surface area contributed by atoms with Crippen LogP contribution in [-0.4, -0.2) is 26.7 Å². The summed E-state index contributed by atoms with van der Waals surface area (Å²) in [5.41, 5.74) is 5.85. The monoisotopic (exact) mass is 236 g/mol. The number of aliphatic hydroxyl groups excluding tert-OH is 1. The fourth-order valence-electron chi connectivity index (χ4n) is 0.828. The second kappa shape index (κ2) is 4.74. The van der Waals surface area contributed by atoms with Gasteiger partial charge in [-0.15, -0.1) is 11.3 Å². The number of sulfonamides is 1. The summed E-state index contributed by atoms with van der Waals surface area (Å²) in [6.07, 6.45) is 0.403. The minimum Gasteiger partial charge on any atom is -0.398 e. The number of hydrogen-bond acceptors (Lipinski definition) is 5. The summed E-state index contributed by atoms with van der Waals surface area (Å²) in [7, 11) is -3.43. The van der Waals surface area contributed by atoms with Crippen LogP contribution < -0.4 is 10.5 Å². The van der Waals surface area contributed by atoms with Crippen LogP contribution >= 0.6 is 11.3 Å². The second-order valence-electron chi connectivity index (χ2n) is 2.67. The molecule has 0 saturated heterocycles. The maximum absolute atomic E-state index is 11.5. The van der Waals surface area contributed by atoms with E-state index in [1.165, 1.54) is 6.07 Å². The molecule has 0 fully saturated rings. The first-order valence-electron chi connectivity index (χ1n) is 4.01. The molecule has 0 aliphatic carbocycles. The average Bonchev–Trinajstić information content (AvgIpc) is 2.53. The first kappa shape index (κ1) is 11.4. The van der Waals surface area contributed by atoms with Crippen LogP contribution in [0.15, 0.2) is 15.7 Å². The molecule has 4 N–H and O–H groups in total. The first-order chi connectivity index (χ1) is 6.56. The van der Waals surface area contributed by atoms with Gasteiger partial charge in [-0.25, -0.2) is 13.1 Å². The summed E-state index contributed by atoms with van der Waals surface area (Å²) in [6, 6.07) is 1.41. The second-order valence-corrected chi connectivity index (χ2v) is 5.58. The van der Waals surface area contributed by atoms with Crippen molar-refractivity contribution in [1.29, 1.82) is 0 Å². The van der Waals surface area contributed by atoms with Gasteiger partial charge in [0, 0.05) is 24.2 Å². The lowest BCUT2D eigenvalue weighted by molar-refractivity contribution is 0.289. The normalized spacial score (nSPS) is 11.8. The lowest BCUT2D eigenvalue weighted by Gasteiger charge is -2.02. The van der Waals surface area contributed by atoms with E-state index in [2.05, 4.69) is 4.72 Å². The maximum atomic E-state index is 11.5. The number of nitrogens with one attached hydrogen (secondary N) is 1. The van der Waals surface area contributed by atoms with Crippen LogP contribution in [0.2, 0.25) is 0 Å². The molecule has 0 aliphatic rings.